The van der Waals surface area contributed by atoms with Gasteiger partial charge >= 0.3 is 0 Å². The largest absolute Gasteiger partial charge is 0.382 e. The molecule has 0 bridgehead atoms. The van der Waals surface area contributed by atoms with Crippen molar-refractivity contribution < 1.29 is 0 Å². The summed E-state index contributed by atoms with van der Waals surface area (Å²) in [5.41, 5.74) is 8.94. The molecular weight excluding hydrogens is 224 g/mol. The van der Waals surface area contributed by atoms with Crippen LogP contribution in [0.1, 0.15) is 19.4 Å². The average molecular weight is 240 g/mol. The second-order valence-corrected chi connectivity index (χ2v) is 5.05. The van der Waals surface area contributed by atoms with E-state index in [-0.39, 0.29) is 0 Å². The monoisotopic (exact) mass is 240 g/mol. The molecule has 0 aliphatic rings. The standard InChI is InChI=1S/C14H16N4/c1-8(2)6-9-4-3-5-11-12(9)10-7-16-18-13(10)14(15)17-11/h3-5,7-8H,6H2,1-2H3,(H2,15,17)(H,16,18). The molecular formula is C14H16N4. The number of hydrogen-bond donors (Lipinski definition) is 2. The Labute approximate surface area is 105 Å². The lowest BCUT2D eigenvalue weighted by Crippen LogP contribution is -1.98. The minimum Gasteiger partial charge on any atom is -0.382 e. The predicted molar refractivity (Wildman–Crippen MR) is 74.3 cm³/mol. The van der Waals surface area contributed by atoms with E-state index >= 15 is 0 Å². The zero-order valence-corrected chi connectivity index (χ0v) is 10.6. The van der Waals surface area contributed by atoms with Gasteiger partial charge in [-0.15, -0.1) is 0 Å². The first-order valence-corrected chi connectivity index (χ1v) is 6.17. The molecule has 1 aromatic carbocycles. The minimum atomic E-state index is 0.487. The van der Waals surface area contributed by atoms with Crippen LogP contribution in [0.15, 0.2) is 24.4 Å². The number of anilines is 1. The number of fused-ring (bicyclic) bond motifs is 3. The van der Waals surface area contributed by atoms with Gasteiger partial charge in [0.25, 0.3) is 0 Å². The van der Waals surface area contributed by atoms with Crippen LogP contribution in [0.4, 0.5) is 5.82 Å². The molecule has 3 N–H and O–H groups in total. The van der Waals surface area contributed by atoms with Gasteiger partial charge in [-0.1, -0.05) is 26.0 Å². The van der Waals surface area contributed by atoms with Gasteiger partial charge in [0.1, 0.15) is 5.52 Å². The molecule has 0 amide bonds. The number of aromatic amines is 1. The van der Waals surface area contributed by atoms with Gasteiger partial charge in [0.2, 0.25) is 0 Å². The van der Waals surface area contributed by atoms with E-state index in [1.807, 2.05) is 18.3 Å². The van der Waals surface area contributed by atoms with Crippen molar-refractivity contribution in [3.05, 3.63) is 30.0 Å². The molecule has 0 radical (unpaired) electrons. The predicted octanol–water partition coefficient (Wildman–Crippen LogP) is 2.89. The van der Waals surface area contributed by atoms with Crippen LogP contribution in [0.3, 0.4) is 0 Å². The number of benzene rings is 1. The van der Waals surface area contributed by atoms with Crippen molar-refractivity contribution >= 4 is 27.6 Å². The summed E-state index contributed by atoms with van der Waals surface area (Å²) in [6.45, 7) is 4.44. The Morgan fingerprint density at radius 1 is 1.33 bits per heavy atom. The first-order chi connectivity index (χ1) is 8.66. The number of rotatable bonds is 2. The lowest BCUT2D eigenvalue weighted by Gasteiger charge is -2.10. The SMILES string of the molecule is CC(C)Cc1cccc2nc(N)c3n[nH]cc3c12. The van der Waals surface area contributed by atoms with Gasteiger partial charge in [-0.2, -0.15) is 5.10 Å². The van der Waals surface area contributed by atoms with Gasteiger partial charge in [0.15, 0.2) is 5.82 Å². The summed E-state index contributed by atoms with van der Waals surface area (Å²) in [6.07, 6.45) is 2.93. The molecule has 92 valence electrons. The summed E-state index contributed by atoms with van der Waals surface area (Å²) < 4.78 is 0. The van der Waals surface area contributed by atoms with E-state index < -0.39 is 0 Å². The number of nitrogens with one attached hydrogen (secondary N) is 1. The molecule has 0 spiro atoms. The fourth-order valence-corrected chi connectivity index (χ4v) is 2.46. The number of nitrogens with two attached hydrogens (primary N) is 1. The normalized spacial score (nSPS) is 11.7. The summed E-state index contributed by atoms with van der Waals surface area (Å²) in [5.74, 6) is 1.09. The average Bonchev–Trinajstić information content (AvgIpc) is 2.77. The molecule has 4 nitrogen and oxygen atoms in total. The first kappa shape index (κ1) is 11.0. The third-order valence-corrected chi connectivity index (χ3v) is 3.15. The molecule has 0 fully saturated rings. The van der Waals surface area contributed by atoms with Crippen LogP contribution in [-0.4, -0.2) is 15.2 Å². The van der Waals surface area contributed by atoms with Crippen LogP contribution in [0.5, 0.6) is 0 Å². The molecule has 0 aliphatic heterocycles. The molecule has 0 saturated heterocycles. The lowest BCUT2D eigenvalue weighted by atomic mass is 9.97. The quantitative estimate of drug-likeness (QED) is 0.723. The molecule has 0 aliphatic carbocycles. The molecule has 18 heavy (non-hydrogen) atoms. The zero-order valence-electron chi connectivity index (χ0n) is 10.6. The summed E-state index contributed by atoms with van der Waals surface area (Å²) >= 11 is 0. The van der Waals surface area contributed by atoms with Crippen molar-refractivity contribution in [2.45, 2.75) is 20.3 Å². The third kappa shape index (κ3) is 1.61. The Morgan fingerprint density at radius 3 is 2.94 bits per heavy atom. The summed E-state index contributed by atoms with van der Waals surface area (Å²) in [7, 11) is 0. The first-order valence-electron chi connectivity index (χ1n) is 6.17. The van der Waals surface area contributed by atoms with Crippen molar-refractivity contribution in [2.24, 2.45) is 5.92 Å². The number of nitrogen functional groups attached to an aromatic ring is 1. The van der Waals surface area contributed by atoms with Gasteiger partial charge in [-0.25, -0.2) is 4.98 Å². The van der Waals surface area contributed by atoms with Crippen molar-refractivity contribution in [3.63, 3.8) is 0 Å². The highest BCUT2D eigenvalue weighted by Crippen LogP contribution is 2.29. The van der Waals surface area contributed by atoms with Gasteiger partial charge in [0.05, 0.1) is 5.52 Å². The number of aromatic nitrogens is 3. The number of nitrogens with zero attached hydrogens (tertiary/aromatic N) is 2. The van der Waals surface area contributed by atoms with Crippen molar-refractivity contribution in [1.29, 1.82) is 0 Å². The van der Waals surface area contributed by atoms with Crippen LogP contribution in [0.25, 0.3) is 21.8 Å². The Bertz CT molecular complexity index is 712. The van der Waals surface area contributed by atoms with Crippen LogP contribution in [0, 0.1) is 5.92 Å². The molecule has 3 aromatic rings. The highest BCUT2D eigenvalue weighted by atomic mass is 15.1. The van der Waals surface area contributed by atoms with Gasteiger partial charge in [-0.3, -0.25) is 5.10 Å². The highest BCUT2D eigenvalue weighted by molar-refractivity contribution is 6.09. The molecule has 0 saturated carbocycles. The summed E-state index contributed by atoms with van der Waals surface area (Å²) in [5, 5.41) is 9.29. The number of pyridine rings is 1. The van der Waals surface area contributed by atoms with Crippen LogP contribution in [-0.2, 0) is 6.42 Å². The zero-order chi connectivity index (χ0) is 12.7. The van der Waals surface area contributed by atoms with Gasteiger partial charge in [-0.05, 0) is 24.0 Å². The Kier molecular flexibility index (Phi) is 2.44. The smallest absolute Gasteiger partial charge is 0.152 e. The van der Waals surface area contributed by atoms with E-state index in [4.69, 9.17) is 5.73 Å². The fourth-order valence-electron chi connectivity index (χ4n) is 2.46. The highest BCUT2D eigenvalue weighted by Gasteiger charge is 2.12. The molecule has 3 rings (SSSR count). The fraction of sp³-hybridized carbons (Fsp3) is 0.286. The maximum atomic E-state index is 5.92. The summed E-state index contributed by atoms with van der Waals surface area (Å²) in [4.78, 5) is 4.44. The molecule has 0 unspecified atom stereocenters. The van der Waals surface area contributed by atoms with Crippen molar-refractivity contribution in [1.82, 2.24) is 15.2 Å². The minimum absolute atomic E-state index is 0.487. The van der Waals surface area contributed by atoms with Crippen molar-refractivity contribution in [2.75, 3.05) is 5.73 Å². The number of H-pyrrole nitrogens is 1. The maximum Gasteiger partial charge on any atom is 0.152 e. The van der Waals surface area contributed by atoms with E-state index in [0.717, 1.165) is 22.8 Å². The molecule has 2 heterocycles. The Morgan fingerprint density at radius 2 is 2.17 bits per heavy atom. The van der Waals surface area contributed by atoms with Gasteiger partial charge in [0, 0.05) is 17.0 Å². The van der Waals surface area contributed by atoms with Crippen molar-refractivity contribution in [3.8, 4) is 0 Å². The number of hydrogen-bond acceptors (Lipinski definition) is 3. The Balaban J connectivity index is 2.41. The second-order valence-electron chi connectivity index (χ2n) is 5.05. The van der Waals surface area contributed by atoms with Crippen LogP contribution >= 0.6 is 0 Å². The lowest BCUT2D eigenvalue weighted by molar-refractivity contribution is 0.650. The van der Waals surface area contributed by atoms with Crippen LogP contribution < -0.4 is 5.73 Å². The van der Waals surface area contributed by atoms with E-state index in [2.05, 4.69) is 35.1 Å². The molecule has 0 atom stereocenters. The van der Waals surface area contributed by atoms with Crippen LogP contribution in [0.2, 0.25) is 0 Å². The topological polar surface area (TPSA) is 67.6 Å². The molecule has 4 heteroatoms. The third-order valence-electron chi connectivity index (χ3n) is 3.15. The van der Waals surface area contributed by atoms with E-state index in [1.54, 1.807) is 0 Å². The second kappa shape index (κ2) is 3.98. The van der Waals surface area contributed by atoms with E-state index in [1.165, 1.54) is 10.9 Å². The van der Waals surface area contributed by atoms with E-state index in [0.29, 0.717) is 11.7 Å². The maximum absolute atomic E-state index is 5.92. The Hall–Kier alpha value is -2.10. The molecule has 2 aromatic heterocycles. The summed E-state index contributed by atoms with van der Waals surface area (Å²) in [6, 6.07) is 6.20. The van der Waals surface area contributed by atoms with E-state index in [9.17, 15) is 0 Å². The van der Waals surface area contributed by atoms with Gasteiger partial charge < -0.3 is 5.73 Å².